The fourth-order valence-corrected chi connectivity index (χ4v) is 2.41. The Kier molecular flexibility index (Phi) is 3.00. The van der Waals surface area contributed by atoms with Gasteiger partial charge in [0.15, 0.2) is 5.82 Å². The van der Waals surface area contributed by atoms with E-state index in [4.69, 9.17) is 4.52 Å². The van der Waals surface area contributed by atoms with Crippen molar-refractivity contribution in [3.8, 4) is 0 Å². The Hall–Kier alpha value is -1.85. The molecule has 3 rings (SSSR count). The summed E-state index contributed by atoms with van der Waals surface area (Å²) in [5.41, 5.74) is 1.08. The van der Waals surface area contributed by atoms with Gasteiger partial charge in [-0.05, 0) is 13.3 Å². The van der Waals surface area contributed by atoms with Crippen molar-refractivity contribution in [2.24, 2.45) is 0 Å². The summed E-state index contributed by atoms with van der Waals surface area (Å²) in [7, 11) is 0. The largest absolute Gasteiger partial charge is 0.333 e. The molecule has 3 heterocycles. The van der Waals surface area contributed by atoms with E-state index in [9.17, 15) is 0 Å². The van der Waals surface area contributed by atoms with Crippen molar-refractivity contribution in [3.05, 3.63) is 23.5 Å². The first-order valence-corrected chi connectivity index (χ1v) is 6.74. The van der Waals surface area contributed by atoms with Crippen molar-refractivity contribution in [1.29, 1.82) is 0 Å². The molecule has 0 amide bonds. The maximum atomic E-state index is 5.22. The van der Waals surface area contributed by atoms with E-state index in [1.807, 2.05) is 6.92 Å². The first-order valence-electron chi connectivity index (χ1n) is 6.74. The van der Waals surface area contributed by atoms with Gasteiger partial charge in [0, 0.05) is 31.1 Å². The maximum Gasteiger partial charge on any atom is 0.321 e. The molecule has 19 heavy (non-hydrogen) atoms. The molecule has 0 aromatic carbocycles. The summed E-state index contributed by atoms with van der Waals surface area (Å²) in [6, 6.07) is 0.843. The molecule has 2 aromatic rings. The van der Waals surface area contributed by atoms with E-state index in [1.54, 1.807) is 0 Å². The molecule has 0 saturated heterocycles. The van der Waals surface area contributed by atoms with Crippen LogP contribution < -0.4 is 5.32 Å². The number of aromatic nitrogens is 4. The lowest BCUT2D eigenvalue weighted by atomic mass is 10.1. The SMILES string of the molecule is Cc1cn2c(n1)CCC(Nc1nc(C(C)C)no1)C2. The van der Waals surface area contributed by atoms with Crippen molar-refractivity contribution in [1.82, 2.24) is 19.7 Å². The molecule has 0 bridgehead atoms. The fourth-order valence-electron chi connectivity index (χ4n) is 2.41. The van der Waals surface area contributed by atoms with Crippen LogP contribution in [0.25, 0.3) is 0 Å². The number of aryl methyl sites for hydroxylation is 2. The van der Waals surface area contributed by atoms with E-state index in [1.165, 1.54) is 5.82 Å². The number of hydrogen-bond donors (Lipinski definition) is 1. The molecule has 1 unspecified atom stereocenters. The zero-order valence-corrected chi connectivity index (χ0v) is 11.6. The van der Waals surface area contributed by atoms with Gasteiger partial charge in [-0.15, -0.1) is 0 Å². The lowest BCUT2D eigenvalue weighted by molar-refractivity contribution is 0.402. The highest BCUT2D eigenvalue weighted by Gasteiger charge is 2.21. The molecule has 1 aliphatic heterocycles. The first-order chi connectivity index (χ1) is 9.11. The van der Waals surface area contributed by atoms with Crippen molar-refractivity contribution in [2.45, 2.75) is 52.1 Å². The molecular formula is C13H19N5O. The van der Waals surface area contributed by atoms with Crippen molar-refractivity contribution in [2.75, 3.05) is 5.32 Å². The summed E-state index contributed by atoms with van der Waals surface area (Å²) in [6.45, 7) is 7.03. The van der Waals surface area contributed by atoms with Crippen LogP contribution in [0.5, 0.6) is 0 Å². The first kappa shape index (κ1) is 12.2. The van der Waals surface area contributed by atoms with E-state index in [-0.39, 0.29) is 5.92 Å². The quantitative estimate of drug-likeness (QED) is 0.916. The second kappa shape index (κ2) is 4.68. The molecule has 6 nitrogen and oxygen atoms in total. The van der Waals surface area contributed by atoms with Gasteiger partial charge in [0.1, 0.15) is 5.82 Å². The molecule has 2 aromatic heterocycles. The van der Waals surface area contributed by atoms with Crippen LogP contribution in [-0.4, -0.2) is 25.7 Å². The molecule has 6 heteroatoms. The van der Waals surface area contributed by atoms with Gasteiger partial charge < -0.3 is 14.4 Å². The predicted octanol–water partition coefficient (Wildman–Crippen LogP) is 2.12. The van der Waals surface area contributed by atoms with E-state index >= 15 is 0 Å². The van der Waals surface area contributed by atoms with Gasteiger partial charge >= 0.3 is 6.01 Å². The number of nitrogens with zero attached hydrogens (tertiary/aromatic N) is 4. The highest BCUT2D eigenvalue weighted by molar-refractivity contribution is 5.22. The highest BCUT2D eigenvalue weighted by Crippen LogP contribution is 2.19. The van der Waals surface area contributed by atoms with Gasteiger partial charge in [-0.3, -0.25) is 0 Å². The van der Waals surface area contributed by atoms with E-state index < -0.39 is 0 Å². The Bertz CT molecular complexity index is 571. The summed E-state index contributed by atoms with van der Waals surface area (Å²) in [4.78, 5) is 8.86. The van der Waals surface area contributed by atoms with E-state index in [0.29, 0.717) is 12.1 Å². The smallest absolute Gasteiger partial charge is 0.321 e. The number of rotatable bonds is 3. The van der Waals surface area contributed by atoms with Crippen LogP contribution in [0.1, 0.15) is 43.5 Å². The Morgan fingerprint density at radius 3 is 3.00 bits per heavy atom. The van der Waals surface area contributed by atoms with Crippen LogP contribution in [-0.2, 0) is 13.0 Å². The lowest BCUT2D eigenvalue weighted by Gasteiger charge is -2.23. The Morgan fingerprint density at radius 1 is 1.42 bits per heavy atom. The summed E-state index contributed by atoms with van der Waals surface area (Å²) < 4.78 is 7.43. The Balaban J connectivity index is 1.68. The predicted molar refractivity (Wildman–Crippen MR) is 71.1 cm³/mol. The molecule has 0 fully saturated rings. The second-order valence-electron chi connectivity index (χ2n) is 5.44. The maximum absolute atomic E-state index is 5.22. The average molecular weight is 261 g/mol. The average Bonchev–Trinajstić information content (AvgIpc) is 2.94. The third kappa shape index (κ3) is 2.47. The molecule has 0 spiro atoms. The van der Waals surface area contributed by atoms with Crippen LogP contribution in [0.3, 0.4) is 0 Å². The monoisotopic (exact) mass is 261 g/mol. The number of fused-ring (bicyclic) bond motifs is 1. The number of nitrogens with one attached hydrogen (secondary N) is 1. The minimum atomic E-state index is 0.286. The molecule has 1 N–H and O–H groups in total. The minimum absolute atomic E-state index is 0.286. The highest BCUT2D eigenvalue weighted by atomic mass is 16.5. The summed E-state index contributed by atoms with van der Waals surface area (Å²) in [6.07, 6.45) is 4.11. The molecule has 1 atom stereocenters. The molecule has 0 saturated carbocycles. The third-order valence-corrected chi connectivity index (χ3v) is 3.40. The lowest BCUT2D eigenvalue weighted by Crippen LogP contribution is -2.31. The van der Waals surface area contributed by atoms with Gasteiger partial charge in [-0.2, -0.15) is 4.98 Å². The zero-order chi connectivity index (χ0) is 13.4. The third-order valence-electron chi connectivity index (χ3n) is 3.40. The fraction of sp³-hybridized carbons (Fsp3) is 0.615. The van der Waals surface area contributed by atoms with Gasteiger partial charge in [-0.1, -0.05) is 19.0 Å². The molecule has 102 valence electrons. The number of hydrogen-bond acceptors (Lipinski definition) is 5. The van der Waals surface area contributed by atoms with Crippen LogP contribution in [0.15, 0.2) is 10.7 Å². The molecule has 1 aliphatic rings. The van der Waals surface area contributed by atoms with Crippen LogP contribution in [0.2, 0.25) is 0 Å². The van der Waals surface area contributed by atoms with E-state index in [2.05, 4.69) is 45.1 Å². The number of imidazole rings is 1. The van der Waals surface area contributed by atoms with Gasteiger partial charge in [0.25, 0.3) is 0 Å². The Morgan fingerprint density at radius 2 is 2.26 bits per heavy atom. The Labute approximate surface area is 112 Å². The second-order valence-corrected chi connectivity index (χ2v) is 5.44. The van der Waals surface area contributed by atoms with E-state index in [0.717, 1.165) is 30.9 Å². The normalized spacial score (nSPS) is 18.6. The topological polar surface area (TPSA) is 68.8 Å². The summed E-state index contributed by atoms with van der Waals surface area (Å²) in [5, 5.41) is 7.28. The minimum Gasteiger partial charge on any atom is -0.333 e. The number of anilines is 1. The summed E-state index contributed by atoms with van der Waals surface area (Å²) >= 11 is 0. The van der Waals surface area contributed by atoms with Crippen molar-refractivity contribution < 1.29 is 4.52 Å². The van der Waals surface area contributed by atoms with Crippen molar-refractivity contribution >= 4 is 6.01 Å². The van der Waals surface area contributed by atoms with Gasteiger partial charge in [0.2, 0.25) is 0 Å². The van der Waals surface area contributed by atoms with Crippen LogP contribution in [0, 0.1) is 6.92 Å². The van der Waals surface area contributed by atoms with Crippen LogP contribution in [0.4, 0.5) is 6.01 Å². The standard InChI is InChI=1S/C13H19N5O/c1-8(2)12-16-13(19-17-12)15-10-4-5-11-14-9(3)6-18(11)7-10/h6,8,10H,4-5,7H2,1-3H3,(H,15,16,17). The van der Waals surface area contributed by atoms with Crippen LogP contribution >= 0.6 is 0 Å². The summed E-state index contributed by atoms with van der Waals surface area (Å²) in [5.74, 6) is 2.20. The molecule has 0 radical (unpaired) electrons. The molecule has 0 aliphatic carbocycles. The van der Waals surface area contributed by atoms with Gasteiger partial charge in [-0.25, -0.2) is 4.98 Å². The van der Waals surface area contributed by atoms with Crippen molar-refractivity contribution in [3.63, 3.8) is 0 Å². The van der Waals surface area contributed by atoms with Gasteiger partial charge in [0.05, 0.1) is 5.69 Å². The molecular weight excluding hydrogens is 242 g/mol. The zero-order valence-electron chi connectivity index (χ0n) is 11.6.